The van der Waals surface area contributed by atoms with Gasteiger partial charge in [0.15, 0.2) is 5.70 Å². The molecule has 1 heterocycles. The van der Waals surface area contributed by atoms with Crippen molar-refractivity contribution in [3.8, 4) is 22.3 Å². The number of nitrogens with two attached hydrogens (primary N) is 1. The fraction of sp³-hybridized carbons (Fsp3) is 0.0408. The number of hydrogen-bond acceptors (Lipinski definition) is 1. The Morgan fingerprint density at radius 3 is 1.92 bits per heavy atom. The number of rotatable bonds is 3. The lowest BCUT2D eigenvalue weighted by Crippen LogP contribution is -2.76. The molecule has 51 heavy (non-hydrogen) atoms. The molecule has 0 spiro atoms. The average Bonchev–Trinajstić information content (AvgIpc) is 3.19. The maximum atomic E-state index is 8.65. The highest BCUT2D eigenvalue weighted by Gasteiger charge is 2.27. The van der Waals surface area contributed by atoms with Crippen LogP contribution in [0.1, 0.15) is 34.2 Å². The largest absolute Gasteiger partial charge is 0.300 e. The zero-order valence-corrected chi connectivity index (χ0v) is 28.2. The summed E-state index contributed by atoms with van der Waals surface area (Å²) in [5, 5.41) is 18.4. The van der Waals surface area contributed by atoms with E-state index < -0.39 is 0 Å². The van der Waals surface area contributed by atoms with E-state index in [-0.39, 0.29) is 0 Å². The van der Waals surface area contributed by atoms with E-state index in [4.69, 9.17) is 5.41 Å². The minimum absolute atomic E-state index is 0.542. The first kappa shape index (κ1) is 29.6. The predicted octanol–water partition coefficient (Wildman–Crippen LogP) is 11.3. The number of allylic oxidation sites excluding steroid dienone is 6. The van der Waals surface area contributed by atoms with Crippen LogP contribution in [0.15, 0.2) is 170 Å². The van der Waals surface area contributed by atoms with Crippen LogP contribution < -0.4 is 5.32 Å². The van der Waals surface area contributed by atoms with Gasteiger partial charge in [-0.15, -0.1) is 0 Å². The van der Waals surface area contributed by atoms with Crippen LogP contribution in [0, 0.1) is 5.41 Å². The second kappa shape index (κ2) is 11.9. The fourth-order valence-electron chi connectivity index (χ4n) is 8.44. The van der Waals surface area contributed by atoms with Gasteiger partial charge in [0.2, 0.25) is 0 Å². The van der Waals surface area contributed by atoms with E-state index in [2.05, 4.69) is 157 Å². The molecule has 3 N–H and O–H groups in total. The molecular weight excluding hydrogens is 617 g/mol. The first-order valence-electron chi connectivity index (χ1n) is 17.8. The second-order valence-electron chi connectivity index (χ2n) is 13.7. The minimum Gasteiger partial charge on any atom is -0.300 e. The molecule has 2 aliphatic carbocycles. The van der Waals surface area contributed by atoms with Crippen molar-refractivity contribution in [2.75, 3.05) is 0 Å². The molecule has 0 radical (unpaired) electrons. The van der Waals surface area contributed by atoms with E-state index in [1.165, 1.54) is 82.4 Å². The Bertz CT molecular complexity index is 2780. The van der Waals surface area contributed by atoms with Crippen LogP contribution in [-0.4, -0.2) is 5.71 Å². The molecule has 10 rings (SSSR count). The standard InChI is InChI=1S/C49H34N2/c50-46-20-10-9-19-43(46)49-42-18-8-5-15-38(42)45(30-51-49)35-25-26-41-44(29-35)48(37-24-22-32-12-2-4-14-34(32)28-37)40-17-7-6-16-39(40)47(41)36-23-21-31-11-1-3-13-33(31)27-36/h1-5,7-15,17-30,50-51H,6,16H2/p+1/b49-43-,50-46?. The highest BCUT2D eigenvalue weighted by atomic mass is 14.9. The summed E-state index contributed by atoms with van der Waals surface area (Å²) in [5.74, 6) is 0. The van der Waals surface area contributed by atoms with Crippen LogP contribution in [0.3, 0.4) is 0 Å². The smallest absolute Gasteiger partial charge is 0.151 e. The van der Waals surface area contributed by atoms with Crippen molar-refractivity contribution in [2.24, 2.45) is 0 Å². The summed E-state index contributed by atoms with van der Waals surface area (Å²) in [5.41, 5.74) is 15.3. The van der Waals surface area contributed by atoms with Crippen LogP contribution in [0.5, 0.6) is 0 Å². The van der Waals surface area contributed by atoms with Gasteiger partial charge in [-0.1, -0.05) is 127 Å². The van der Waals surface area contributed by atoms with Crippen molar-refractivity contribution in [2.45, 2.75) is 12.8 Å². The van der Waals surface area contributed by atoms with Gasteiger partial charge in [0, 0.05) is 16.7 Å². The van der Waals surface area contributed by atoms with Crippen LogP contribution in [0.4, 0.5) is 0 Å². The summed E-state index contributed by atoms with van der Waals surface area (Å²) in [6, 6.07) is 47.1. The monoisotopic (exact) mass is 651 g/mol. The summed E-state index contributed by atoms with van der Waals surface area (Å²) in [7, 11) is 0. The summed E-state index contributed by atoms with van der Waals surface area (Å²) in [6.45, 7) is 0. The molecule has 7 aromatic carbocycles. The first-order chi connectivity index (χ1) is 25.2. The van der Waals surface area contributed by atoms with Crippen LogP contribution >= 0.6 is 0 Å². The van der Waals surface area contributed by atoms with Crippen LogP contribution in [-0.2, 0) is 6.42 Å². The lowest BCUT2D eigenvalue weighted by molar-refractivity contribution is -0.487. The number of quaternary nitrogens is 1. The summed E-state index contributed by atoms with van der Waals surface area (Å²) >= 11 is 0. The molecule has 2 heteroatoms. The molecule has 0 amide bonds. The molecule has 0 atom stereocenters. The van der Waals surface area contributed by atoms with E-state index in [0.717, 1.165) is 29.7 Å². The van der Waals surface area contributed by atoms with Crippen molar-refractivity contribution < 1.29 is 5.32 Å². The van der Waals surface area contributed by atoms with E-state index in [9.17, 15) is 0 Å². The normalized spacial score (nSPS) is 16.5. The molecule has 7 aromatic rings. The molecule has 0 saturated carbocycles. The van der Waals surface area contributed by atoms with E-state index >= 15 is 0 Å². The topological polar surface area (TPSA) is 40.5 Å². The Kier molecular flexibility index (Phi) is 6.90. The minimum atomic E-state index is 0.542. The number of benzene rings is 7. The highest BCUT2D eigenvalue weighted by molar-refractivity contribution is 6.15. The third-order valence-corrected chi connectivity index (χ3v) is 10.8. The molecule has 0 fully saturated rings. The quantitative estimate of drug-likeness (QED) is 0.191. The van der Waals surface area contributed by atoms with Gasteiger partial charge in [0.1, 0.15) is 6.20 Å². The summed E-state index contributed by atoms with van der Waals surface area (Å²) < 4.78 is 0. The van der Waals surface area contributed by atoms with Crippen molar-refractivity contribution in [3.05, 3.63) is 197 Å². The van der Waals surface area contributed by atoms with E-state index in [1.807, 2.05) is 18.2 Å². The average molecular weight is 652 g/mol. The maximum Gasteiger partial charge on any atom is 0.151 e. The van der Waals surface area contributed by atoms with Gasteiger partial charge in [-0.25, -0.2) is 0 Å². The highest BCUT2D eigenvalue weighted by Crippen LogP contribution is 2.46. The zero-order chi connectivity index (χ0) is 33.9. The molecule has 0 bridgehead atoms. The number of nitrogens with one attached hydrogen (secondary N) is 1. The SMILES string of the molecule is N=C1C=CC=C/C1=C1/[NH2+]C=C(c2ccc3c(-c4ccc5ccccc5c4)c4c(c(-c5ccc6ccccc6c5)c3c2)C=CCC4)c2ccccc21. The summed E-state index contributed by atoms with van der Waals surface area (Å²) in [4.78, 5) is 0. The number of fused-ring (bicyclic) bond motifs is 5. The van der Waals surface area contributed by atoms with Crippen LogP contribution in [0.2, 0.25) is 0 Å². The maximum absolute atomic E-state index is 8.65. The van der Waals surface area contributed by atoms with Crippen molar-refractivity contribution in [3.63, 3.8) is 0 Å². The summed E-state index contributed by atoms with van der Waals surface area (Å²) in [6.07, 6.45) is 16.9. The lowest BCUT2D eigenvalue weighted by Gasteiger charge is -2.25. The molecule has 1 aliphatic heterocycles. The second-order valence-corrected chi connectivity index (χ2v) is 13.7. The van der Waals surface area contributed by atoms with E-state index in [1.54, 1.807) is 0 Å². The van der Waals surface area contributed by atoms with Crippen molar-refractivity contribution in [1.29, 1.82) is 5.41 Å². The molecular formula is C49H35N2+. The molecule has 2 nitrogen and oxygen atoms in total. The van der Waals surface area contributed by atoms with Crippen LogP contribution in [0.25, 0.3) is 71.9 Å². The fourth-order valence-corrected chi connectivity index (χ4v) is 8.44. The Morgan fingerprint density at radius 2 is 1.18 bits per heavy atom. The lowest BCUT2D eigenvalue weighted by atomic mass is 9.78. The van der Waals surface area contributed by atoms with Crippen molar-refractivity contribution >= 4 is 55.4 Å². The van der Waals surface area contributed by atoms with Gasteiger partial charge >= 0.3 is 0 Å². The third kappa shape index (κ3) is 4.87. The van der Waals surface area contributed by atoms with Gasteiger partial charge in [-0.05, 0) is 121 Å². The first-order valence-corrected chi connectivity index (χ1v) is 17.8. The number of hydrogen-bond donors (Lipinski definition) is 2. The Hall–Kier alpha value is -6.35. The van der Waals surface area contributed by atoms with Gasteiger partial charge < -0.3 is 5.41 Å². The van der Waals surface area contributed by atoms with Crippen molar-refractivity contribution in [1.82, 2.24) is 0 Å². The Balaban J connectivity index is 1.25. The Labute approximate surface area is 297 Å². The molecule has 240 valence electrons. The van der Waals surface area contributed by atoms with Gasteiger partial charge in [-0.2, -0.15) is 0 Å². The van der Waals surface area contributed by atoms with E-state index in [0.29, 0.717) is 5.71 Å². The molecule has 0 saturated heterocycles. The van der Waals surface area contributed by atoms with Gasteiger partial charge in [-0.3, -0.25) is 5.32 Å². The molecule has 3 aliphatic rings. The molecule has 0 aromatic heterocycles. The van der Waals surface area contributed by atoms with Gasteiger partial charge in [0.25, 0.3) is 0 Å². The Morgan fingerprint density at radius 1 is 0.529 bits per heavy atom. The zero-order valence-electron chi connectivity index (χ0n) is 28.2. The van der Waals surface area contributed by atoms with Gasteiger partial charge in [0.05, 0.1) is 11.3 Å². The third-order valence-electron chi connectivity index (χ3n) is 10.8. The predicted molar refractivity (Wildman–Crippen MR) is 216 cm³/mol. The molecule has 0 unspecified atom stereocenters.